The van der Waals surface area contributed by atoms with E-state index in [1.54, 1.807) is 6.92 Å². The number of rotatable bonds is 7. The molecule has 2 heteroatoms. The Morgan fingerprint density at radius 3 is 2.07 bits per heavy atom. The van der Waals surface area contributed by atoms with E-state index in [0.29, 0.717) is 0 Å². The SMILES string of the molecule is C/C=C(\C(C)=O)C1=CC2=C(CCCC2)/C1=C/C[Si](C(C)C)(C(C)C)C(C)C. The van der Waals surface area contributed by atoms with Crippen molar-refractivity contribution in [2.75, 3.05) is 0 Å². The molecule has 2 aliphatic rings. The lowest BCUT2D eigenvalue weighted by Crippen LogP contribution is -2.43. The van der Waals surface area contributed by atoms with Crippen LogP contribution in [0.25, 0.3) is 0 Å². The molecule has 2 aliphatic carbocycles. The minimum atomic E-state index is -1.48. The topological polar surface area (TPSA) is 17.1 Å². The van der Waals surface area contributed by atoms with Crippen LogP contribution in [-0.2, 0) is 4.79 Å². The van der Waals surface area contributed by atoms with Gasteiger partial charge in [0, 0.05) is 5.57 Å². The summed E-state index contributed by atoms with van der Waals surface area (Å²) in [6.07, 6.45) is 11.8. The van der Waals surface area contributed by atoms with Crippen molar-refractivity contribution in [3.63, 3.8) is 0 Å². The summed E-state index contributed by atoms with van der Waals surface area (Å²) in [5.41, 5.74) is 8.82. The molecule has 0 fully saturated rings. The van der Waals surface area contributed by atoms with Gasteiger partial charge < -0.3 is 0 Å². The van der Waals surface area contributed by atoms with Crippen LogP contribution in [0.1, 0.15) is 81.1 Å². The van der Waals surface area contributed by atoms with Crippen LogP contribution in [-0.4, -0.2) is 13.9 Å². The monoisotopic (exact) mass is 384 g/mol. The van der Waals surface area contributed by atoms with E-state index < -0.39 is 8.07 Å². The van der Waals surface area contributed by atoms with Gasteiger partial charge in [0.05, 0.1) is 8.07 Å². The van der Waals surface area contributed by atoms with Gasteiger partial charge in [-0.05, 0) is 67.9 Å². The normalized spacial score (nSPS) is 20.2. The fourth-order valence-corrected chi connectivity index (χ4v) is 11.8. The fourth-order valence-electron chi connectivity index (χ4n) is 5.80. The van der Waals surface area contributed by atoms with Gasteiger partial charge in [0.25, 0.3) is 0 Å². The maximum atomic E-state index is 12.3. The predicted octanol–water partition coefficient (Wildman–Crippen LogP) is 7.94. The van der Waals surface area contributed by atoms with Gasteiger partial charge in [-0.2, -0.15) is 0 Å². The molecule has 0 radical (unpaired) electrons. The van der Waals surface area contributed by atoms with Crippen molar-refractivity contribution in [1.82, 2.24) is 0 Å². The molecular weight excluding hydrogens is 344 g/mol. The molecule has 1 nitrogen and oxygen atoms in total. The highest BCUT2D eigenvalue weighted by molar-refractivity contribution is 6.83. The standard InChI is InChI=1S/C25H40OSi/c1-9-22(20(8)26)25-16-21-12-10-11-13-23(21)24(25)14-15-27(17(2)3,18(4)5)19(6)7/h9,14,16-19H,10-13,15H2,1-8H3/b22-9+,24-14-. The largest absolute Gasteiger partial charge is 0.295 e. The second kappa shape index (κ2) is 8.90. The van der Waals surface area contributed by atoms with Gasteiger partial charge in [-0.25, -0.2) is 0 Å². The molecule has 0 heterocycles. The molecule has 0 aromatic carbocycles. The van der Waals surface area contributed by atoms with Crippen LogP contribution in [0.4, 0.5) is 0 Å². The van der Waals surface area contributed by atoms with Gasteiger partial charge >= 0.3 is 0 Å². The maximum absolute atomic E-state index is 12.3. The zero-order valence-electron chi connectivity index (χ0n) is 18.9. The van der Waals surface area contributed by atoms with Crippen molar-refractivity contribution >= 4 is 13.9 Å². The van der Waals surface area contributed by atoms with Gasteiger partial charge in [-0.15, -0.1) is 0 Å². The summed E-state index contributed by atoms with van der Waals surface area (Å²) in [6, 6.07) is 1.22. The van der Waals surface area contributed by atoms with Crippen LogP contribution in [0.3, 0.4) is 0 Å². The summed E-state index contributed by atoms with van der Waals surface area (Å²) < 4.78 is 0. The molecular formula is C25H40OSi. The molecule has 2 rings (SSSR count). The third-order valence-corrected chi connectivity index (χ3v) is 14.6. The smallest absolute Gasteiger partial charge is 0.160 e. The molecule has 0 spiro atoms. The quantitative estimate of drug-likeness (QED) is 0.321. The number of hydrogen-bond acceptors (Lipinski definition) is 1. The first-order valence-electron chi connectivity index (χ1n) is 11.0. The van der Waals surface area contributed by atoms with Crippen LogP contribution in [0.5, 0.6) is 0 Å². The first-order valence-corrected chi connectivity index (χ1v) is 13.4. The molecule has 0 saturated carbocycles. The minimum absolute atomic E-state index is 0.189. The Balaban J connectivity index is 2.52. The maximum Gasteiger partial charge on any atom is 0.160 e. The highest BCUT2D eigenvalue weighted by Gasteiger charge is 2.42. The van der Waals surface area contributed by atoms with Gasteiger partial charge in [0.15, 0.2) is 5.78 Å². The lowest BCUT2D eigenvalue weighted by atomic mass is 9.89. The Morgan fingerprint density at radius 1 is 1.04 bits per heavy atom. The Labute approximate surface area is 168 Å². The van der Waals surface area contributed by atoms with Crippen LogP contribution in [0, 0.1) is 0 Å². The Morgan fingerprint density at radius 2 is 1.59 bits per heavy atom. The molecule has 27 heavy (non-hydrogen) atoms. The van der Waals surface area contributed by atoms with E-state index in [-0.39, 0.29) is 5.78 Å². The molecule has 0 aliphatic heterocycles. The van der Waals surface area contributed by atoms with Crippen molar-refractivity contribution < 1.29 is 4.79 Å². The summed E-state index contributed by atoms with van der Waals surface area (Å²) in [6.45, 7) is 18.3. The highest BCUT2D eigenvalue weighted by Crippen LogP contribution is 2.47. The average Bonchev–Trinajstić information content (AvgIpc) is 2.93. The number of carbonyl (C=O) groups excluding carboxylic acids is 1. The Bertz CT molecular complexity index is 676. The van der Waals surface area contributed by atoms with Crippen LogP contribution < -0.4 is 0 Å². The van der Waals surface area contributed by atoms with Crippen LogP contribution in [0.2, 0.25) is 22.7 Å². The molecule has 0 bridgehead atoms. The molecule has 0 N–H and O–H groups in total. The first-order chi connectivity index (χ1) is 12.7. The summed E-state index contributed by atoms with van der Waals surface area (Å²) in [5, 5.41) is 0. The van der Waals surface area contributed by atoms with Crippen molar-refractivity contribution in [2.24, 2.45) is 0 Å². The molecule has 150 valence electrons. The van der Waals surface area contributed by atoms with Gasteiger partial charge in [0.1, 0.15) is 0 Å². The van der Waals surface area contributed by atoms with E-state index >= 15 is 0 Å². The van der Waals surface area contributed by atoms with Crippen molar-refractivity contribution in [3.05, 3.63) is 46.1 Å². The van der Waals surface area contributed by atoms with E-state index in [0.717, 1.165) is 22.2 Å². The number of hydrogen-bond donors (Lipinski definition) is 0. The zero-order valence-corrected chi connectivity index (χ0v) is 19.9. The predicted molar refractivity (Wildman–Crippen MR) is 122 cm³/mol. The molecule has 0 amide bonds. The number of ketones is 1. The van der Waals surface area contributed by atoms with E-state index in [1.165, 1.54) is 54.0 Å². The van der Waals surface area contributed by atoms with Gasteiger partial charge in [-0.1, -0.05) is 76.4 Å². The molecule has 0 aromatic rings. The lowest BCUT2D eigenvalue weighted by Gasteiger charge is -2.43. The second-order valence-corrected chi connectivity index (χ2v) is 15.5. The van der Waals surface area contributed by atoms with Crippen LogP contribution >= 0.6 is 0 Å². The molecule has 0 aromatic heterocycles. The fraction of sp³-hybridized carbons (Fsp3) is 0.640. The van der Waals surface area contributed by atoms with Crippen molar-refractivity contribution in [2.45, 2.75) is 104 Å². The second-order valence-electron chi connectivity index (χ2n) is 9.43. The summed E-state index contributed by atoms with van der Waals surface area (Å²) in [4.78, 5) is 12.3. The molecule has 0 unspecified atom stereocenters. The number of allylic oxidation sites excluding steroid dienone is 8. The number of carbonyl (C=O) groups is 1. The summed E-state index contributed by atoms with van der Waals surface area (Å²) in [7, 11) is -1.48. The average molecular weight is 385 g/mol. The summed E-state index contributed by atoms with van der Waals surface area (Å²) >= 11 is 0. The Hall–Kier alpha value is -1.15. The highest BCUT2D eigenvalue weighted by atomic mass is 28.3. The zero-order chi connectivity index (χ0) is 20.4. The van der Waals surface area contributed by atoms with E-state index in [1.807, 2.05) is 13.0 Å². The molecule has 0 atom stereocenters. The lowest BCUT2D eigenvalue weighted by molar-refractivity contribution is -0.113. The van der Waals surface area contributed by atoms with Crippen molar-refractivity contribution in [3.8, 4) is 0 Å². The van der Waals surface area contributed by atoms with Gasteiger partial charge in [-0.3, -0.25) is 4.79 Å². The molecule has 0 saturated heterocycles. The van der Waals surface area contributed by atoms with E-state index in [9.17, 15) is 4.79 Å². The third-order valence-electron chi connectivity index (χ3n) is 7.29. The minimum Gasteiger partial charge on any atom is -0.295 e. The number of Topliss-reactive ketones (excluding diaryl/α,β-unsaturated/α-hetero) is 1. The first kappa shape index (κ1) is 22.1. The van der Waals surface area contributed by atoms with Crippen LogP contribution in [0.15, 0.2) is 46.1 Å². The Kier molecular flexibility index (Phi) is 7.30. The third kappa shape index (κ3) is 4.16. The van der Waals surface area contributed by atoms with E-state index in [4.69, 9.17) is 0 Å². The van der Waals surface area contributed by atoms with Gasteiger partial charge in [0.2, 0.25) is 0 Å². The van der Waals surface area contributed by atoms with E-state index in [2.05, 4.69) is 53.7 Å². The summed E-state index contributed by atoms with van der Waals surface area (Å²) in [5.74, 6) is 0.189. The van der Waals surface area contributed by atoms with Crippen molar-refractivity contribution in [1.29, 1.82) is 0 Å².